The molecule has 6 aromatic rings. The second kappa shape index (κ2) is 10.9. The van der Waals surface area contributed by atoms with Crippen LogP contribution in [0.4, 0.5) is 0 Å². The Kier molecular flexibility index (Phi) is 7.02. The highest BCUT2D eigenvalue weighted by Crippen LogP contribution is 2.42. The highest BCUT2D eigenvalue weighted by molar-refractivity contribution is 6.06. The Hall–Kier alpha value is -5.28. The van der Waals surface area contributed by atoms with Gasteiger partial charge in [-0.05, 0) is 103 Å². The molecule has 6 rings (SSSR count). The summed E-state index contributed by atoms with van der Waals surface area (Å²) in [6.45, 7) is 12.4. The molecule has 0 amide bonds. The molecule has 0 saturated heterocycles. The number of hydrogen-bond donors (Lipinski definition) is 0. The second-order valence-corrected chi connectivity index (χ2v) is 10.1. The molecule has 206 valence electrons. The van der Waals surface area contributed by atoms with Crippen LogP contribution in [0.2, 0.25) is 0 Å². The van der Waals surface area contributed by atoms with Crippen LogP contribution in [0.1, 0.15) is 16.7 Å². The van der Waals surface area contributed by atoms with E-state index < -0.39 is 0 Å². The Morgan fingerprint density at radius 3 is 1.83 bits per heavy atom. The van der Waals surface area contributed by atoms with Gasteiger partial charge in [0.15, 0.2) is 0 Å². The van der Waals surface area contributed by atoms with Crippen molar-refractivity contribution in [3.05, 3.63) is 121 Å². The first kappa shape index (κ1) is 26.9. The molecule has 0 aliphatic heterocycles. The first-order valence-corrected chi connectivity index (χ1v) is 13.8. The van der Waals surface area contributed by atoms with E-state index in [4.69, 9.17) is 14.2 Å². The van der Waals surface area contributed by atoms with Gasteiger partial charge in [0.1, 0.15) is 17.2 Å². The highest BCUT2D eigenvalue weighted by Gasteiger charge is 2.16. The van der Waals surface area contributed by atoms with Gasteiger partial charge in [0, 0.05) is 10.8 Å². The van der Waals surface area contributed by atoms with Gasteiger partial charge >= 0.3 is 0 Å². The molecular formula is C39H32O3. The van der Waals surface area contributed by atoms with Crippen molar-refractivity contribution in [3.8, 4) is 39.5 Å². The number of methoxy groups -OCH3 is 3. The van der Waals surface area contributed by atoms with Gasteiger partial charge in [0.2, 0.25) is 0 Å². The molecule has 0 aliphatic rings. The Morgan fingerprint density at radius 2 is 1.12 bits per heavy atom. The van der Waals surface area contributed by atoms with Gasteiger partial charge in [0.25, 0.3) is 0 Å². The van der Waals surface area contributed by atoms with Crippen LogP contribution in [-0.2, 0) is 0 Å². The molecule has 3 nitrogen and oxygen atoms in total. The summed E-state index contributed by atoms with van der Waals surface area (Å²) in [5, 5.41) is 6.45. The van der Waals surface area contributed by atoms with Crippen molar-refractivity contribution in [2.75, 3.05) is 21.3 Å². The molecule has 0 bridgehead atoms. The summed E-state index contributed by atoms with van der Waals surface area (Å²) in [6, 6.07) is 29.5. The van der Waals surface area contributed by atoms with Crippen molar-refractivity contribution in [3.63, 3.8) is 0 Å². The minimum absolute atomic E-state index is 0.805. The van der Waals surface area contributed by atoms with Crippen LogP contribution >= 0.6 is 0 Å². The maximum absolute atomic E-state index is 5.94. The zero-order chi connectivity index (χ0) is 29.4. The number of rotatable bonds is 8. The first-order valence-electron chi connectivity index (χ1n) is 13.8. The maximum Gasteiger partial charge on any atom is 0.127 e. The standard InChI is InChI=1S/C39H32O3/c1-7-24-12-19-38(41-5)34-15-11-26(21-36(24)34)32-17-18-35-37(30(32)9-3)22-27(23-39(35)42-6)33-14-10-25-20-28(40-4)13-16-31(25)29(33)8-2/h7-23H,1-3H2,4-6H3. The summed E-state index contributed by atoms with van der Waals surface area (Å²) in [4.78, 5) is 0. The Balaban J connectivity index is 1.60. The monoisotopic (exact) mass is 548 g/mol. The van der Waals surface area contributed by atoms with Crippen LogP contribution in [0.25, 0.3) is 72.8 Å². The molecule has 0 heterocycles. The summed E-state index contributed by atoms with van der Waals surface area (Å²) in [5.41, 5.74) is 7.47. The lowest BCUT2D eigenvalue weighted by atomic mass is 9.88. The molecule has 0 aromatic heterocycles. The molecule has 0 aliphatic carbocycles. The average molecular weight is 549 g/mol. The molecule has 0 fully saturated rings. The van der Waals surface area contributed by atoms with E-state index in [0.717, 1.165) is 88.5 Å². The van der Waals surface area contributed by atoms with E-state index in [1.165, 1.54) is 0 Å². The molecule has 0 saturated carbocycles. The van der Waals surface area contributed by atoms with Crippen LogP contribution in [0, 0.1) is 0 Å². The van der Waals surface area contributed by atoms with Gasteiger partial charge in [-0.25, -0.2) is 0 Å². The number of ether oxygens (including phenoxy) is 3. The Bertz CT molecular complexity index is 2050. The smallest absolute Gasteiger partial charge is 0.127 e. The lowest BCUT2D eigenvalue weighted by Crippen LogP contribution is -1.94. The van der Waals surface area contributed by atoms with E-state index in [-0.39, 0.29) is 0 Å². The van der Waals surface area contributed by atoms with Gasteiger partial charge in [-0.15, -0.1) is 0 Å². The van der Waals surface area contributed by atoms with Gasteiger partial charge < -0.3 is 14.2 Å². The van der Waals surface area contributed by atoms with Crippen molar-refractivity contribution in [2.24, 2.45) is 0 Å². The summed E-state index contributed by atoms with van der Waals surface area (Å²) in [6.07, 6.45) is 5.74. The fraction of sp³-hybridized carbons (Fsp3) is 0.0769. The minimum Gasteiger partial charge on any atom is -0.497 e. The van der Waals surface area contributed by atoms with Crippen LogP contribution < -0.4 is 14.2 Å². The summed E-state index contributed by atoms with van der Waals surface area (Å²) < 4.78 is 17.0. The van der Waals surface area contributed by atoms with Gasteiger partial charge in [-0.1, -0.05) is 80.4 Å². The zero-order valence-electron chi connectivity index (χ0n) is 24.2. The molecule has 0 radical (unpaired) electrons. The molecule has 0 unspecified atom stereocenters. The lowest BCUT2D eigenvalue weighted by molar-refractivity contribution is 0.415. The molecule has 3 heteroatoms. The van der Waals surface area contributed by atoms with E-state index in [1.54, 1.807) is 21.3 Å². The molecule has 42 heavy (non-hydrogen) atoms. The quantitative estimate of drug-likeness (QED) is 0.189. The average Bonchev–Trinajstić information content (AvgIpc) is 3.05. The molecule has 0 spiro atoms. The van der Waals surface area contributed by atoms with Gasteiger partial charge in [0.05, 0.1) is 21.3 Å². The van der Waals surface area contributed by atoms with Gasteiger partial charge in [-0.3, -0.25) is 0 Å². The van der Waals surface area contributed by atoms with Crippen LogP contribution in [0.15, 0.2) is 105 Å². The third-order valence-corrected chi connectivity index (χ3v) is 8.11. The van der Waals surface area contributed by atoms with Crippen molar-refractivity contribution in [1.29, 1.82) is 0 Å². The second-order valence-electron chi connectivity index (χ2n) is 10.1. The molecule has 0 N–H and O–H groups in total. The van der Waals surface area contributed by atoms with Crippen molar-refractivity contribution >= 4 is 50.5 Å². The molecule has 0 atom stereocenters. The normalized spacial score (nSPS) is 11.0. The summed E-state index contributed by atoms with van der Waals surface area (Å²) in [7, 11) is 5.10. The van der Waals surface area contributed by atoms with Crippen molar-refractivity contribution < 1.29 is 14.2 Å². The number of fused-ring (bicyclic) bond motifs is 3. The molecular weight excluding hydrogens is 516 g/mol. The Morgan fingerprint density at radius 1 is 0.476 bits per heavy atom. The van der Waals surface area contributed by atoms with Crippen molar-refractivity contribution in [2.45, 2.75) is 0 Å². The van der Waals surface area contributed by atoms with Crippen molar-refractivity contribution in [1.82, 2.24) is 0 Å². The maximum atomic E-state index is 5.94. The lowest BCUT2D eigenvalue weighted by Gasteiger charge is -2.17. The highest BCUT2D eigenvalue weighted by atomic mass is 16.5. The predicted octanol–water partition coefficient (Wildman–Crippen LogP) is 10.4. The minimum atomic E-state index is 0.805. The van der Waals surface area contributed by atoms with E-state index >= 15 is 0 Å². The summed E-state index contributed by atoms with van der Waals surface area (Å²) >= 11 is 0. The van der Waals surface area contributed by atoms with E-state index in [0.29, 0.717) is 0 Å². The first-order chi connectivity index (χ1) is 20.5. The third-order valence-electron chi connectivity index (χ3n) is 8.11. The zero-order valence-corrected chi connectivity index (χ0v) is 24.2. The largest absolute Gasteiger partial charge is 0.497 e. The third kappa shape index (κ3) is 4.31. The fourth-order valence-corrected chi connectivity index (χ4v) is 6.02. The Labute approximate surface area is 246 Å². The van der Waals surface area contributed by atoms with E-state index in [2.05, 4.69) is 80.4 Å². The predicted molar refractivity (Wildman–Crippen MR) is 180 cm³/mol. The topological polar surface area (TPSA) is 27.7 Å². The van der Waals surface area contributed by atoms with E-state index in [9.17, 15) is 0 Å². The fourth-order valence-electron chi connectivity index (χ4n) is 6.02. The van der Waals surface area contributed by atoms with Crippen LogP contribution in [-0.4, -0.2) is 21.3 Å². The van der Waals surface area contributed by atoms with Crippen LogP contribution in [0.3, 0.4) is 0 Å². The molecule has 6 aromatic carbocycles. The van der Waals surface area contributed by atoms with Gasteiger partial charge in [-0.2, -0.15) is 0 Å². The summed E-state index contributed by atoms with van der Waals surface area (Å²) in [5.74, 6) is 2.47. The van der Waals surface area contributed by atoms with Crippen LogP contribution in [0.5, 0.6) is 17.2 Å². The number of hydrogen-bond acceptors (Lipinski definition) is 3. The SMILES string of the molecule is C=Cc1c(-c2cc(OC)c3ccc(-c4ccc5c(OC)ccc(C=C)c5c4)c(C=C)c3c2)ccc2cc(OC)ccc12. The van der Waals surface area contributed by atoms with E-state index in [1.807, 2.05) is 42.5 Å². The number of benzene rings is 6.